The predicted molar refractivity (Wildman–Crippen MR) is 115 cm³/mol. The molecule has 180 valence electrons. The minimum absolute atomic E-state index is 0.0529. The molecule has 0 bridgehead atoms. The van der Waals surface area contributed by atoms with E-state index < -0.39 is 56.8 Å². The minimum Gasteiger partial charge on any atom is -0.324 e. The van der Waals surface area contributed by atoms with Crippen molar-refractivity contribution in [2.24, 2.45) is 0 Å². The van der Waals surface area contributed by atoms with Crippen LogP contribution < -0.4 is 5.32 Å². The van der Waals surface area contributed by atoms with Crippen molar-refractivity contribution in [3.05, 3.63) is 71.4 Å². The van der Waals surface area contributed by atoms with Crippen molar-refractivity contribution in [2.45, 2.75) is 37.1 Å². The van der Waals surface area contributed by atoms with Crippen molar-refractivity contribution in [1.82, 2.24) is 14.5 Å². The molecule has 0 radical (unpaired) electrons. The molecular formula is C22H19F5N4O2S. The van der Waals surface area contributed by atoms with Crippen LogP contribution in [-0.4, -0.2) is 30.4 Å². The number of nitrogens with one attached hydrogen (secondary N) is 1. The van der Waals surface area contributed by atoms with Gasteiger partial charge in [-0.1, -0.05) is 12.1 Å². The predicted octanol–water partition coefficient (Wildman–Crippen LogP) is 4.50. The quantitative estimate of drug-likeness (QED) is 0.526. The van der Waals surface area contributed by atoms with Crippen LogP contribution in [-0.2, 0) is 32.9 Å². The van der Waals surface area contributed by atoms with Crippen LogP contribution in [0.2, 0.25) is 0 Å². The number of halogens is 5. The topological polar surface area (TPSA) is 76.9 Å². The van der Waals surface area contributed by atoms with E-state index in [2.05, 4.69) is 15.3 Å². The maximum atomic E-state index is 14.7. The van der Waals surface area contributed by atoms with Crippen LogP contribution in [0, 0.1) is 11.6 Å². The Bertz CT molecular complexity index is 1280. The third-order valence-corrected chi connectivity index (χ3v) is 7.77. The van der Waals surface area contributed by atoms with Gasteiger partial charge in [-0.05, 0) is 31.4 Å². The first-order valence-corrected chi connectivity index (χ1v) is 11.5. The van der Waals surface area contributed by atoms with E-state index in [4.69, 9.17) is 0 Å². The van der Waals surface area contributed by atoms with Crippen molar-refractivity contribution in [3.8, 4) is 5.82 Å². The van der Waals surface area contributed by atoms with Gasteiger partial charge in [0.25, 0.3) is 0 Å². The molecule has 3 heterocycles. The smallest absolute Gasteiger partial charge is 0.324 e. The highest BCUT2D eigenvalue weighted by Gasteiger charge is 2.40. The highest BCUT2D eigenvalue weighted by molar-refractivity contribution is 7.86. The van der Waals surface area contributed by atoms with E-state index in [1.807, 2.05) is 6.92 Å². The lowest BCUT2D eigenvalue weighted by atomic mass is 10.0. The Balaban J connectivity index is 1.48. The SMILES string of the molecule is CC1(c2cn(-c3ncc(NC(=O)Cc4cccc(C(F)(F)F)c4F)cc3F)cn2)CCCS1=O. The molecule has 1 amide bonds. The van der Waals surface area contributed by atoms with Crippen molar-refractivity contribution in [2.75, 3.05) is 11.1 Å². The second-order valence-corrected chi connectivity index (χ2v) is 10.1. The molecule has 1 N–H and O–H groups in total. The fourth-order valence-corrected chi connectivity index (χ4v) is 5.41. The van der Waals surface area contributed by atoms with E-state index >= 15 is 0 Å². The number of hydrogen-bond donors (Lipinski definition) is 1. The van der Waals surface area contributed by atoms with Gasteiger partial charge in [0.05, 0.1) is 34.3 Å². The Morgan fingerprint density at radius 2 is 2.03 bits per heavy atom. The molecule has 3 aromatic rings. The van der Waals surface area contributed by atoms with Crippen LogP contribution in [0.25, 0.3) is 5.82 Å². The molecule has 0 spiro atoms. The number of anilines is 1. The van der Waals surface area contributed by atoms with Gasteiger partial charge < -0.3 is 5.32 Å². The fourth-order valence-electron chi connectivity index (χ4n) is 3.84. The fraction of sp³-hybridized carbons (Fsp3) is 0.318. The summed E-state index contributed by atoms with van der Waals surface area (Å²) in [7, 11) is -1.09. The summed E-state index contributed by atoms with van der Waals surface area (Å²) in [6, 6.07) is 3.64. The number of nitrogens with zero attached hydrogens (tertiary/aromatic N) is 3. The zero-order valence-corrected chi connectivity index (χ0v) is 18.6. The molecule has 2 atom stereocenters. The van der Waals surface area contributed by atoms with E-state index in [1.54, 1.807) is 6.20 Å². The molecule has 6 nitrogen and oxygen atoms in total. The van der Waals surface area contributed by atoms with Crippen LogP contribution >= 0.6 is 0 Å². The highest BCUT2D eigenvalue weighted by Crippen LogP contribution is 2.38. The van der Waals surface area contributed by atoms with Crippen LogP contribution in [0.15, 0.2) is 43.0 Å². The lowest BCUT2D eigenvalue weighted by Crippen LogP contribution is -2.23. The number of aromatic nitrogens is 3. The van der Waals surface area contributed by atoms with Crippen molar-refractivity contribution in [1.29, 1.82) is 0 Å². The maximum absolute atomic E-state index is 14.7. The lowest BCUT2D eigenvalue weighted by molar-refractivity contribution is -0.140. The zero-order valence-electron chi connectivity index (χ0n) is 17.8. The zero-order chi connectivity index (χ0) is 24.7. The monoisotopic (exact) mass is 498 g/mol. The standard InChI is InChI=1S/C22H19F5N4O2S/c1-21(6-3-7-34(21)33)17-11-31(12-29-17)20-16(23)9-14(10-28-20)30-18(32)8-13-4-2-5-15(19(13)24)22(25,26)27/h2,4-5,9-12H,3,6-8H2,1H3,(H,30,32). The molecule has 2 aromatic heterocycles. The van der Waals surface area contributed by atoms with E-state index in [1.165, 1.54) is 10.9 Å². The van der Waals surface area contributed by atoms with E-state index in [9.17, 15) is 31.0 Å². The van der Waals surface area contributed by atoms with Gasteiger partial charge in [0.2, 0.25) is 5.91 Å². The number of rotatable bonds is 5. The number of hydrogen-bond acceptors (Lipinski definition) is 4. The second-order valence-electron chi connectivity index (χ2n) is 8.08. The molecule has 12 heteroatoms. The summed E-state index contributed by atoms with van der Waals surface area (Å²) in [6.07, 6.45) is 0.00927. The van der Waals surface area contributed by atoms with Crippen LogP contribution in [0.5, 0.6) is 0 Å². The van der Waals surface area contributed by atoms with Crippen molar-refractivity contribution >= 4 is 22.4 Å². The van der Waals surface area contributed by atoms with Crippen LogP contribution in [0.1, 0.15) is 36.6 Å². The van der Waals surface area contributed by atoms with Crippen molar-refractivity contribution < 1.29 is 31.0 Å². The van der Waals surface area contributed by atoms with Gasteiger partial charge in [-0.25, -0.2) is 18.7 Å². The number of benzene rings is 1. The summed E-state index contributed by atoms with van der Waals surface area (Å²) in [6.45, 7) is 1.85. The lowest BCUT2D eigenvalue weighted by Gasteiger charge is -2.19. The molecule has 1 aliphatic heterocycles. The summed E-state index contributed by atoms with van der Waals surface area (Å²) in [5.41, 5.74) is -1.40. The summed E-state index contributed by atoms with van der Waals surface area (Å²) >= 11 is 0. The van der Waals surface area contributed by atoms with Crippen LogP contribution in [0.4, 0.5) is 27.6 Å². The van der Waals surface area contributed by atoms with Crippen LogP contribution in [0.3, 0.4) is 0 Å². The summed E-state index contributed by atoms with van der Waals surface area (Å²) < 4.78 is 80.5. The first-order valence-electron chi connectivity index (χ1n) is 10.2. The molecule has 0 aliphatic carbocycles. The normalized spacial score (nSPS) is 20.5. The Morgan fingerprint density at radius 1 is 1.26 bits per heavy atom. The van der Waals surface area contributed by atoms with Crippen molar-refractivity contribution in [3.63, 3.8) is 0 Å². The maximum Gasteiger partial charge on any atom is 0.419 e. The van der Waals surface area contributed by atoms with Gasteiger partial charge in [0.1, 0.15) is 12.1 Å². The number of pyridine rings is 1. The molecular weight excluding hydrogens is 479 g/mol. The van der Waals surface area contributed by atoms with Gasteiger partial charge in [-0.2, -0.15) is 13.2 Å². The van der Waals surface area contributed by atoms with Gasteiger partial charge >= 0.3 is 6.18 Å². The van der Waals surface area contributed by atoms with Gasteiger partial charge in [0.15, 0.2) is 11.6 Å². The Hall–Kier alpha value is -3.15. The van der Waals surface area contributed by atoms with Gasteiger partial charge in [0, 0.05) is 28.8 Å². The minimum atomic E-state index is -4.89. The summed E-state index contributed by atoms with van der Waals surface area (Å²) in [4.78, 5) is 20.5. The number of imidazole rings is 1. The number of carbonyl (C=O) groups excluding carboxylic acids is 1. The second kappa shape index (κ2) is 8.90. The van der Waals surface area contributed by atoms with Gasteiger partial charge in [-0.15, -0.1) is 0 Å². The molecule has 1 aromatic carbocycles. The average Bonchev–Trinajstić information content (AvgIpc) is 3.37. The first-order chi connectivity index (χ1) is 16.0. The average molecular weight is 498 g/mol. The molecule has 1 saturated heterocycles. The Morgan fingerprint density at radius 3 is 2.68 bits per heavy atom. The third-order valence-electron chi connectivity index (χ3n) is 5.70. The molecule has 4 rings (SSSR count). The third kappa shape index (κ3) is 4.59. The number of alkyl halides is 3. The first kappa shape index (κ1) is 24.0. The highest BCUT2D eigenvalue weighted by atomic mass is 32.2. The summed E-state index contributed by atoms with van der Waals surface area (Å²) in [5.74, 6) is -2.70. The molecule has 1 fully saturated rings. The number of amides is 1. The largest absolute Gasteiger partial charge is 0.419 e. The van der Waals surface area contributed by atoms with E-state index in [0.29, 0.717) is 23.9 Å². The molecule has 2 unspecified atom stereocenters. The molecule has 1 aliphatic rings. The van der Waals surface area contributed by atoms with E-state index in [0.717, 1.165) is 30.8 Å². The summed E-state index contributed by atoms with van der Waals surface area (Å²) in [5, 5.41) is 2.30. The number of carbonyl (C=O) groups is 1. The Kier molecular flexibility index (Phi) is 6.28. The Labute approximate surface area is 193 Å². The van der Waals surface area contributed by atoms with E-state index in [-0.39, 0.29) is 11.5 Å². The molecule has 0 saturated carbocycles. The van der Waals surface area contributed by atoms with Gasteiger partial charge in [-0.3, -0.25) is 13.6 Å². The molecule has 34 heavy (non-hydrogen) atoms.